The van der Waals surface area contributed by atoms with Crippen molar-refractivity contribution in [3.05, 3.63) is 53.6 Å². The lowest BCUT2D eigenvalue weighted by Crippen LogP contribution is -2.49. The molecule has 1 aliphatic heterocycles. The number of H-pyrrole nitrogens is 1. The summed E-state index contributed by atoms with van der Waals surface area (Å²) in [5.41, 5.74) is 1.97. The van der Waals surface area contributed by atoms with E-state index in [1.165, 1.54) is 24.4 Å². The van der Waals surface area contributed by atoms with Crippen LogP contribution in [0, 0.1) is 11.6 Å². The number of aromatic nitrogens is 1. The molecule has 4 rings (SSSR count). The lowest BCUT2D eigenvalue weighted by molar-refractivity contribution is 0.209. The van der Waals surface area contributed by atoms with Gasteiger partial charge >= 0.3 is 0 Å². The monoisotopic (exact) mass is 398 g/mol. The average Bonchev–Trinajstić information content (AvgIpc) is 3.01. The van der Waals surface area contributed by atoms with Crippen LogP contribution < -0.4 is 4.90 Å². The molecule has 1 saturated heterocycles. The Morgan fingerprint density at radius 1 is 1.07 bits per heavy atom. The summed E-state index contributed by atoms with van der Waals surface area (Å²) in [5.74, 6) is -0.833. The molecule has 0 spiro atoms. The van der Waals surface area contributed by atoms with E-state index in [0.717, 1.165) is 26.2 Å². The van der Waals surface area contributed by atoms with Gasteiger partial charge in [0.2, 0.25) is 0 Å². The van der Waals surface area contributed by atoms with Gasteiger partial charge in [-0.2, -0.15) is 0 Å². The van der Waals surface area contributed by atoms with Gasteiger partial charge in [-0.05, 0) is 44.2 Å². The van der Waals surface area contributed by atoms with Crippen molar-refractivity contribution < 1.29 is 13.9 Å². The molecule has 0 atom stereocenters. The van der Waals surface area contributed by atoms with Crippen LogP contribution in [-0.4, -0.2) is 53.4 Å². The van der Waals surface area contributed by atoms with Gasteiger partial charge in [-0.3, -0.25) is 9.89 Å². The highest BCUT2D eigenvalue weighted by Gasteiger charge is 2.21. The van der Waals surface area contributed by atoms with Gasteiger partial charge in [-0.15, -0.1) is 0 Å². The van der Waals surface area contributed by atoms with Gasteiger partial charge in [-0.25, -0.2) is 8.78 Å². The number of halogens is 2. The molecule has 1 aromatic heterocycles. The molecule has 0 amide bonds. The quantitative estimate of drug-likeness (QED) is 0.639. The Labute approximate surface area is 168 Å². The fourth-order valence-corrected chi connectivity index (χ4v) is 3.75. The maximum atomic E-state index is 14.7. The van der Waals surface area contributed by atoms with E-state index in [-0.39, 0.29) is 11.7 Å². The number of fused-ring (bicyclic) bond motifs is 1. The summed E-state index contributed by atoms with van der Waals surface area (Å²) in [6.07, 6.45) is 1.42. The zero-order valence-electron chi connectivity index (χ0n) is 16.5. The summed E-state index contributed by atoms with van der Waals surface area (Å²) in [6, 6.07) is 9.55. The third-order valence-corrected chi connectivity index (χ3v) is 5.44. The highest BCUT2D eigenvalue weighted by molar-refractivity contribution is 6.02. The molecule has 152 valence electrons. The maximum Gasteiger partial charge on any atom is 0.198 e. The van der Waals surface area contributed by atoms with Crippen LogP contribution in [0.1, 0.15) is 19.4 Å². The number of anilines is 1. The molecule has 0 bridgehead atoms. The molecule has 2 aromatic carbocycles. The number of nitrogens with zero attached hydrogens (tertiary/aromatic N) is 3. The Morgan fingerprint density at radius 3 is 2.52 bits per heavy atom. The first-order valence-electron chi connectivity index (χ1n) is 9.75. The predicted molar refractivity (Wildman–Crippen MR) is 112 cm³/mol. The lowest BCUT2D eigenvalue weighted by Gasteiger charge is -2.38. The van der Waals surface area contributed by atoms with Crippen molar-refractivity contribution in [1.29, 1.82) is 0 Å². The smallest absolute Gasteiger partial charge is 0.198 e. The van der Waals surface area contributed by atoms with Gasteiger partial charge in [0.1, 0.15) is 11.6 Å². The van der Waals surface area contributed by atoms with Crippen LogP contribution in [0.3, 0.4) is 0 Å². The van der Waals surface area contributed by atoms with E-state index < -0.39 is 5.82 Å². The lowest BCUT2D eigenvalue weighted by atomic mass is 10.1. The number of aromatic hydroxyl groups is 1. The van der Waals surface area contributed by atoms with E-state index in [0.29, 0.717) is 33.9 Å². The zero-order valence-corrected chi connectivity index (χ0v) is 16.5. The van der Waals surface area contributed by atoms with E-state index >= 15 is 0 Å². The highest BCUT2D eigenvalue weighted by Crippen LogP contribution is 2.29. The van der Waals surface area contributed by atoms with Crippen molar-refractivity contribution in [2.75, 3.05) is 31.1 Å². The van der Waals surface area contributed by atoms with Gasteiger partial charge < -0.3 is 15.0 Å². The SMILES string of the molecule is CC(C)N1CCN(c2ccc(N=Cc3c(O)[nH]c4ccc(F)cc34)cc2F)CC1. The van der Waals surface area contributed by atoms with E-state index in [1.54, 1.807) is 18.2 Å². The number of nitrogens with one attached hydrogen (secondary N) is 1. The summed E-state index contributed by atoms with van der Waals surface area (Å²) in [7, 11) is 0. The Bertz CT molecular complexity index is 1050. The molecule has 0 unspecified atom stereocenters. The van der Waals surface area contributed by atoms with E-state index in [9.17, 15) is 13.9 Å². The van der Waals surface area contributed by atoms with Crippen molar-refractivity contribution >= 4 is 28.5 Å². The van der Waals surface area contributed by atoms with Crippen molar-refractivity contribution in [3.8, 4) is 5.88 Å². The van der Waals surface area contributed by atoms with Gasteiger partial charge in [0.15, 0.2) is 5.88 Å². The van der Waals surface area contributed by atoms with Crippen LogP contribution in [0.4, 0.5) is 20.2 Å². The van der Waals surface area contributed by atoms with E-state index in [2.05, 4.69) is 33.6 Å². The summed E-state index contributed by atoms with van der Waals surface area (Å²) < 4.78 is 28.2. The fourth-order valence-electron chi connectivity index (χ4n) is 3.75. The third-order valence-electron chi connectivity index (χ3n) is 5.44. The minimum absolute atomic E-state index is 0.102. The molecular formula is C22H24F2N4O. The van der Waals surface area contributed by atoms with Gasteiger partial charge in [-0.1, -0.05) is 0 Å². The van der Waals surface area contributed by atoms with Crippen LogP contribution in [0.15, 0.2) is 41.4 Å². The average molecular weight is 398 g/mol. The van der Waals surface area contributed by atoms with Gasteiger partial charge in [0, 0.05) is 55.4 Å². The summed E-state index contributed by atoms with van der Waals surface area (Å²) in [6.45, 7) is 7.73. The van der Waals surface area contributed by atoms with Crippen LogP contribution in [-0.2, 0) is 0 Å². The first-order valence-corrected chi connectivity index (χ1v) is 9.75. The molecular weight excluding hydrogens is 374 g/mol. The number of aromatic amines is 1. The topological polar surface area (TPSA) is 54.9 Å². The Morgan fingerprint density at radius 2 is 1.83 bits per heavy atom. The number of hydrogen-bond donors (Lipinski definition) is 2. The molecule has 7 heteroatoms. The second kappa shape index (κ2) is 7.83. The molecule has 0 saturated carbocycles. The van der Waals surface area contributed by atoms with Crippen molar-refractivity contribution in [1.82, 2.24) is 9.88 Å². The van der Waals surface area contributed by atoms with Crippen molar-refractivity contribution in [3.63, 3.8) is 0 Å². The molecule has 2 N–H and O–H groups in total. The highest BCUT2D eigenvalue weighted by atomic mass is 19.1. The first-order chi connectivity index (χ1) is 13.9. The molecule has 1 aliphatic rings. The number of rotatable bonds is 4. The minimum Gasteiger partial charge on any atom is -0.494 e. The molecule has 2 heterocycles. The van der Waals surface area contributed by atoms with Crippen molar-refractivity contribution in [2.24, 2.45) is 4.99 Å². The standard InChI is InChI=1S/C22H24F2N4O/c1-14(2)27-7-9-28(10-8-27)21-6-4-16(12-19(21)24)25-13-18-17-11-15(23)3-5-20(17)26-22(18)29/h3-6,11-14,26,29H,7-10H2,1-2H3. The van der Waals surface area contributed by atoms with Gasteiger partial charge in [0.05, 0.1) is 16.9 Å². The van der Waals surface area contributed by atoms with Crippen LogP contribution in [0.25, 0.3) is 10.9 Å². The van der Waals surface area contributed by atoms with Crippen LogP contribution in [0.2, 0.25) is 0 Å². The van der Waals surface area contributed by atoms with E-state index in [1.807, 2.05) is 0 Å². The van der Waals surface area contributed by atoms with Crippen molar-refractivity contribution in [2.45, 2.75) is 19.9 Å². The Kier molecular flexibility index (Phi) is 5.24. The largest absolute Gasteiger partial charge is 0.494 e. The molecule has 3 aromatic rings. The number of benzene rings is 2. The number of aliphatic imine (C=N–C) groups is 1. The molecule has 1 fully saturated rings. The maximum absolute atomic E-state index is 14.7. The third kappa shape index (κ3) is 3.96. The fraction of sp³-hybridized carbons (Fsp3) is 0.318. The molecule has 5 nitrogen and oxygen atoms in total. The van der Waals surface area contributed by atoms with E-state index in [4.69, 9.17) is 0 Å². The number of hydrogen-bond acceptors (Lipinski definition) is 4. The Balaban J connectivity index is 1.53. The molecule has 29 heavy (non-hydrogen) atoms. The second-order valence-electron chi connectivity index (χ2n) is 7.59. The predicted octanol–water partition coefficient (Wildman–Crippen LogP) is 4.43. The summed E-state index contributed by atoms with van der Waals surface area (Å²) in [4.78, 5) is 11.5. The number of piperazine rings is 1. The summed E-state index contributed by atoms with van der Waals surface area (Å²) in [5, 5.41) is 10.6. The van der Waals surface area contributed by atoms with Crippen LogP contribution >= 0.6 is 0 Å². The molecule has 0 aliphatic carbocycles. The van der Waals surface area contributed by atoms with Crippen LogP contribution in [0.5, 0.6) is 5.88 Å². The zero-order chi connectivity index (χ0) is 20.5. The molecule has 0 radical (unpaired) electrons. The second-order valence-corrected chi connectivity index (χ2v) is 7.59. The Hall–Kier alpha value is -2.93. The minimum atomic E-state index is -0.404. The summed E-state index contributed by atoms with van der Waals surface area (Å²) >= 11 is 0. The normalized spacial score (nSPS) is 15.8. The van der Waals surface area contributed by atoms with Gasteiger partial charge in [0.25, 0.3) is 0 Å². The first kappa shape index (κ1) is 19.4.